The number of hydrogen-bond acceptors (Lipinski definition) is 10. The van der Waals surface area contributed by atoms with Crippen LogP contribution in [0.2, 0.25) is 0 Å². The predicted molar refractivity (Wildman–Crippen MR) is 134 cm³/mol. The molecule has 2 rings (SSSR count). The quantitative estimate of drug-likeness (QED) is 0.251. The van der Waals surface area contributed by atoms with Gasteiger partial charge in [0.1, 0.15) is 25.4 Å². The molecular weight excluding hydrogens is 496 g/mol. The minimum absolute atomic E-state index is 0.0644. The molecule has 2 aromatic rings. The van der Waals surface area contributed by atoms with E-state index < -0.39 is 54.9 Å². The maximum absolute atomic E-state index is 12.2. The van der Waals surface area contributed by atoms with Gasteiger partial charge >= 0.3 is 23.9 Å². The average Bonchev–Trinajstić information content (AvgIpc) is 2.87. The fraction of sp³-hybridized carbons (Fsp3) is 0.429. The van der Waals surface area contributed by atoms with Crippen molar-refractivity contribution in [2.45, 2.75) is 65.3 Å². The molecule has 10 heteroatoms. The van der Waals surface area contributed by atoms with Crippen molar-refractivity contribution in [2.75, 3.05) is 13.2 Å². The van der Waals surface area contributed by atoms with E-state index in [0.29, 0.717) is 0 Å². The molecule has 0 bridgehead atoms. The van der Waals surface area contributed by atoms with Crippen LogP contribution in [-0.4, -0.2) is 61.5 Å². The third-order valence-electron chi connectivity index (χ3n) is 5.17. The number of ether oxygens (including phenoxy) is 6. The lowest BCUT2D eigenvalue weighted by Crippen LogP contribution is -2.53. The number of esters is 4. The number of benzene rings is 2. The molecule has 206 valence electrons. The molecule has 38 heavy (non-hydrogen) atoms. The zero-order valence-corrected chi connectivity index (χ0v) is 22.0. The summed E-state index contributed by atoms with van der Waals surface area (Å²) in [5.74, 6) is -2.57. The largest absolute Gasteiger partial charge is 0.463 e. The van der Waals surface area contributed by atoms with Crippen LogP contribution in [0.3, 0.4) is 0 Å². The van der Waals surface area contributed by atoms with Gasteiger partial charge in [-0.1, -0.05) is 60.7 Å². The van der Waals surface area contributed by atoms with Gasteiger partial charge in [-0.15, -0.1) is 0 Å². The number of rotatable bonds is 15. The van der Waals surface area contributed by atoms with Crippen molar-refractivity contribution in [2.24, 2.45) is 0 Å². The van der Waals surface area contributed by atoms with Gasteiger partial charge in [-0.3, -0.25) is 19.2 Å². The first kappa shape index (κ1) is 30.5. The van der Waals surface area contributed by atoms with Gasteiger partial charge in [0.2, 0.25) is 0 Å². The number of carbonyl (C=O) groups is 4. The first-order valence-corrected chi connectivity index (χ1v) is 12.1. The fourth-order valence-electron chi connectivity index (χ4n) is 3.55. The summed E-state index contributed by atoms with van der Waals surface area (Å²) in [5, 5.41) is 0. The fourth-order valence-corrected chi connectivity index (χ4v) is 3.55. The van der Waals surface area contributed by atoms with E-state index in [2.05, 4.69) is 0 Å². The van der Waals surface area contributed by atoms with Crippen molar-refractivity contribution in [3.63, 3.8) is 0 Å². The van der Waals surface area contributed by atoms with Gasteiger partial charge < -0.3 is 28.4 Å². The number of hydrogen-bond donors (Lipinski definition) is 0. The summed E-state index contributed by atoms with van der Waals surface area (Å²) in [7, 11) is 0. The van der Waals surface area contributed by atoms with Crippen molar-refractivity contribution in [3.8, 4) is 0 Å². The molecule has 0 aromatic heterocycles. The normalized spacial score (nSPS) is 13.9. The lowest BCUT2D eigenvalue weighted by atomic mass is 10.0. The molecule has 0 heterocycles. The predicted octanol–water partition coefficient (Wildman–Crippen LogP) is 3.15. The van der Waals surface area contributed by atoms with Gasteiger partial charge in [0.25, 0.3) is 0 Å². The van der Waals surface area contributed by atoms with Crippen LogP contribution >= 0.6 is 0 Å². The van der Waals surface area contributed by atoms with Crippen molar-refractivity contribution < 1.29 is 47.6 Å². The molecule has 0 aliphatic rings. The molecule has 0 radical (unpaired) electrons. The van der Waals surface area contributed by atoms with Gasteiger partial charge in [0.15, 0.2) is 12.2 Å². The Kier molecular flexibility index (Phi) is 13.0. The molecular formula is C28H34O10. The molecule has 0 spiro atoms. The van der Waals surface area contributed by atoms with Crippen molar-refractivity contribution in [3.05, 3.63) is 71.8 Å². The zero-order valence-electron chi connectivity index (χ0n) is 22.0. The second kappa shape index (κ2) is 16.2. The summed E-state index contributed by atoms with van der Waals surface area (Å²) in [6.07, 6.45) is -4.60. The molecule has 0 fully saturated rings. The summed E-state index contributed by atoms with van der Waals surface area (Å²) in [6.45, 7) is 4.33. The van der Waals surface area contributed by atoms with E-state index in [1.54, 1.807) is 0 Å². The molecule has 0 saturated heterocycles. The van der Waals surface area contributed by atoms with E-state index in [9.17, 15) is 19.2 Å². The Morgan fingerprint density at radius 1 is 0.553 bits per heavy atom. The Bertz CT molecular complexity index is 1020. The molecule has 10 nitrogen and oxygen atoms in total. The van der Waals surface area contributed by atoms with E-state index in [1.165, 1.54) is 27.7 Å². The molecule has 2 aromatic carbocycles. The van der Waals surface area contributed by atoms with Crippen LogP contribution in [-0.2, 0) is 60.8 Å². The summed E-state index contributed by atoms with van der Waals surface area (Å²) in [4.78, 5) is 47.4. The maximum Gasteiger partial charge on any atom is 0.303 e. The van der Waals surface area contributed by atoms with Gasteiger partial charge in [0, 0.05) is 27.7 Å². The van der Waals surface area contributed by atoms with Crippen LogP contribution in [0.5, 0.6) is 0 Å². The van der Waals surface area contributed by atoms with Crippen LogP contribution < -0.4 is 0 Å². The summed E-state index contributed by atoms with van der Waals surface area (Å²) < 4.78 is 33.7. The van der Waals surface area contributed by atoms with Gasteiger partial charge in [-0.05, 0) is 11.1 Å². The van der Waals surface area contributed by atoms with Crippen LogP contribution in [0, 0.1) is 0 Å². The smallest absolute Gasteiger partial charge is 0.303 e. The highest BCUT2D eigenvalue weighted by atomic mass is 16.6. The van der Waals surface area contributed by atoms with Gasteiger partial charge in [-0.25, -0.2) is 0 Å². The minimum atomic E-state index is -1.28. The lowest BCUT2D eigenvalue weighted by molar-refractivity contribution is -0.207. The Morgan fingerprint density at radius 3 is 1.45 bits per heavy atom. The molecule has 0 saturated carbocycles. The van der Waals surface area contributed by atoms with Crippen molar-refractivity contribution in [1.82, 2.24) is 0 Å². The van der Waals surface area contributed by atoms with E-state index in [0.717, 1.165) is 11.1 Å². The van der Waals surface area contributed by atoms with Gasteiger partial charge in [0.05, 0.1) is 13.2 Å². The third kappa shape index (κ3) is 11.5. The SMILES string of the molecule is CC(=O)OC[C@H](OCc1ccccc1)[C@@H](OCc1ccccc1)[C@H](OC(C)=O)[C@@H](COC(C)=O)OC(C)=O. The molecule has 4 atom stereocenters. The second-order valence-corrected chi connectivity index (χ2v) is 8.42. The summed E-state index contributed by atoms with van der Waals surface area (Å²) in [6, 6.07) is 18.5. The molecule has 0 unspecified atom stereocenters. The molecule has 0 aliphatic heterocycles. The summed E-state index contributed by atoms with van der Waals surface area (Å²) in [5.41, 5.74) is 1.64. The first-order valence-electron chi connectivity index (χ1n) is 12.1. The van der Waals surface area contributed by atoms with Crippen molar-refractivity contribution in [1.29, 1.82) is 0 Å². The van der Waals surface area contributed by atoms with Crippen LogP contribution in [0.4, 0.5) is 0 Å². The van der Waals surface area contributed by atoms with E-state index in [1.807, 2.05) is 60.7 Å². The Balaban J connectivity index is 2.47. The van der Waals surface area contributed by atoms with E-state index in [-0.39, 0.29) is 19.8 Å². The first-order chi connectivity index (χ1) is 18.2. The average molecular weight is 531 g/mol. The molecule has 0 N–H and O–H groups in total. The Morgan fingerprint density at radius 2 is 1.00 bits per heavy atom. The van der Waals surface area contributed by atoms with Crippen LogP contribution in [0.15, 0.2) is 60.7 Å². The van der Waals surface area contributed by atoms with Crippen LogP contribution in [0.25, 0.3) is 0 Å². The summed E-state index contributed by atoms with van der Waals surface area (Å²) >= 11 is 0. The molecule has 0 amide bonds. The van der Waals surface area contributed by atoms with E-state index >= 15 is 0 Å². The topological polar surface area (TPSA) is 124 Å². The van der Waals surface area contributed by atoms with Crippen molar-refractivity contribution >= 4 is 23.9 Å². The maximum atomic E-state index is 12.2. The third-order valence-corrected chi connectivity index (χ3v) is 5.17. The molecule has 0 aliphatic carbocycles. The monoisotopic (exact) mass is 530 g/mol. The van der Waals surface area contributed by atoms with E-state index in [4.69, 9.17) is 28.4 Å². The minimum Gasteiger partial charge on any atom is -0.463 e. The highest BCUT2D eigenvalue weighted by molar-refractivity contribution is 5.68. The lowest BCUT2D eigenvalue weighted by Gasteiger charge is -2.36. The Labute approximate surface area is 222 Å². The highest BCUT2D eigenvalue weighted by Gasteiger charge is 2.42. The van der Waals surface area contributed by atoms with Crippen LogP contribution in [0.1, 0.15) is 38.8 Å². The van der Waals surface area contributed by atoms with Gasteiger partial charge in [-0.2, -0.15) is 0 Å². The Hall–Kier alpha value is -3.76. The second-order valence-electron chi connectivity index (χ2n) is 8.42. The standard InChI is InChI=1S/C28H34O10/c1-19(29)33-17-25(35-15-23-11-7-5-8-12-23)27(36-16-24-13-9-6-10-14-24)28(38-22(4)32)26(37-21(3)31)18-34-20(2)30/h5-14,25-28H,15-18H2,1-4H3/t25-,26+,27+,28+/m0/s1. The zero-order chi connectivity index (χ0) is 27.9. The highest BCUT2D eigenvalue weighted by Crippen LogP contribution is 2.22. The number of carbonyl (C=O) groups excluding carboxylic acids is 4.